The summed E-state index contributed by atoms with van der Waals surface area (Å²) in [4.78, 5) is 0. The molecule has 0 bridgehead atoms. The van der Waals surface area contributed by atoms with Crippen LogP contribution in [0.3, 0.4) is 0 Å². The maximum Gasteiger partial charge on any atom is 0.397 e. The Hall–Kier alpha value is -0.210. The summed E-state index contributed by atoms with van der Waals surface area (Å²) in [6.07, 6.45) is 11.2. The van der Waals surface area contributed by atoms with Gasteiger partial charge in [0.15, 0.2) is 6.29 Å². The summed E-state index contributed by atoms with van der Waals surface area (Å²) < 4.78 is 44.9. The van der Waals surface area contributed by atoms with E-state index in [0.717, 1.165) is 12.8 Å². The maximum atomic E-state index is 10.6. The molecule has 0 atom stereocenters. The van der Waals surface area contributed by atoms with Crippen LogP contribution in [0, 0.1) is 0 Å². The second-order valence-electron chi connectivity index (χ2n) is 5.86. The minimum absolute atomic E-state index is 0.127. The Bertz CT molecular complexity index is 362. The van der Waals surface area contributed by atoms with Crippen LogP contribution in [0.2, 0.25) is 0 Å². The van der Waals surface area contributed by atoms with Gasteiger partial charge in [0.25, 0.3) is 0 Å². The van der Waals surface area contributed by atoms with Gasteiger partial charge >= 0.3 is 10.4 Å². The zero-order valence-electron chi connectivity index (χ0n) is 13.5. The van der Waals surface area contributed by atoms with Crippen molar-refractivity contribution >= 4 is 10.4 Å². The molecule has 1 aliphatic rings. The molecule has 6 nitrogen and oxygen atoms in total. The second kappa shape index (κ2) is 11.3. The summed E-state index contributed by atoms with van der Waals surface area (Å²) in [5.74, 6) is 0. The molecule has 7 heteroatoms. The first-order valence-electron chi connectivity index (χ1n) is 8.40. The van der Waals surface area contributed by atoms with E-state index in [-0.39, 0.29) is 19.5 Å². The van der Waals surface area contributed by atoms with Gasteiger partial charge in [-0.25, -0.2) is 4.18 Å². The van der Waals surface area contributed by atoms with Gasteiger partial charge in [0.1, 0.15) is 6.10 Å². The van der Waals surface area contributed by atoms with E-state index in [1.807, 2.05) is 0 Å². The molecular weight excluding hydrogens is 308 g/mol. The highest BCUT2D eigenvalue weighted by Gasteiger charge is 2.26. The summed E-state index contributed by atoms with van der Waals surface area (Å²) in [5.41, 5.74) is 0. The monoisotopic (exact) mass is 338 g/mol. The smallest absolute Gasteiger partial charge is 0.350 e. The van der Waals surface area contributed by atoms with E-state index < -0.39 is 16.5 Å². The van der Waals surface area contributed by atoms with E-state index in [9.17, 15) is 8.42 Å². The van der Waals surface area contributed by atoms with Gasteiger partial charge in [-0.15, -0.1) is 0 Å². The highest BCUT2D eigenvalue weighted by atomic mass is 32.3. The molecule has 0 radical (unpaired) electrons. The van der Waals surface area contributed by atoms with Crippen molar-refractivity contribution in [2.45, 2.75) is 83.5 Å². The van der Waals surface area contributed by atoms with Crippen LogP contribution >= 0.6 is 0 Å². The number of unbranched alkanes of at least 4 members (excludes halogenated alkanes) is 8. The molecule has 0 aliphatic carbocycles. The summed E-state index contributed by atoms with van der Waals surface area (Å²) in [6, 6.07) is 0. The van der Waals surface area contributed by atoms with Crippen LogP contribution in [0.25, 0.3) is 0 Å². The van der Waals surface area contributed by atoms with Crippen molar-refractivity contribution < 1.29 is 26.6 Å². The Morgan fingerprint density at radius 2 is 1.45 bits per heavy atom. The van der Waals surface area contributed by atoms with Crippen LogP contribution in [0.4, 0.5) is 0 Å². The Balaban J connectivity index is 1.93. The fraction of sp³-hybridized carbons (Fsp3) is 1.00. The Morgan fingerprint density at radius 3 is 1.95 bits per heavy atom. The SMILES string of the molecule is CCCCCCCCCCCC1OCC(OS(=O)(=O)O)CO1. The number of ether oxygens (including phenoxy) is 2. The van der Waals surface area contributed by atoms with E-state index in [1.54, 1.807) is 0 Å². The van der Waals surface area contributed by atoms with Gasteiger partial charge in [-0.05, 0) is 12.8 Å². The summed E-state index contributed by atoms with van der Waals surface area (Å²) >= 11 is 0. The first-order chi connectivity index (χ1) is 10.5. The average Bonchev–Trinajstić information content (AvgIpc) is 2.46. The highest BCUT2D eigenvalue weighted by Crippen LogP contribution is 2.17. The predicted octanol–water partition coefficient (Wildman–Crippen LogP) is 3.47. The minimum Gasteiger partial charge on any atom is -0.350 e. The first kappa shape index (κ1) is 19.8. The van der Waals surface area contributed by atoms with Gasteiger partial charge in [0.05, 0.1) is 13.2 Å². The molecule has 132 valence electrons. The van der Waals surface area contributed by atoms with Crippen molar-refractivity contribution in [3.8, 4) is 0 Å². The van der Waals surface area contributed by atoms with Gasteiger partial charge in [-0.1, -0.05) is 58.3 Å². The number of hydrogen-bond donors (Lipinski definition) is 1. The highest BCUT2D eigenvalue weighted by molar-refractivity contribution is 7.80. The van der Waals surface area contributed by atoms with Crippen LogP contribution in [-0.2, 0) is 24.1 Å². The molecule has 0 unspecified atom stereocenters. The van der Waals surface area contributed by atoms with Gasteiger partial charge in [0.2, 0.25) is 0 Å². The largest absolute Gasteiger partial charge is 0.397 e. The topological polar surface area (TPSA) is 82.1 Å². The van der Waals surface area contributed by atoms with Gasteiger partial charge in [-0.2, -0.15) is 8.42 Å². The predicted molar refractivity (Wildman–Crippen MR) is 84.0 cm³/mol. The molecule has 0 aromatic heterocycles. The second-order valence-corrected chi connectivity index (χ2v) is 6.91. The molecular formula is C15H30O6S. The van der Waals surface area contributed by atoms with Crippen LogP contribution < -0.4 is 0 Å². The summed E-state index contributed by atoms with van der Waals surface area (Å²) in [6.45, 7) is 2.48. The van der Waals surface area contributed by atoms with Gasteiger partial charge < -0.3 is 9.47 Å². The van der Waals surface area contributed by atoms with Crippen molar-refractivity contribution in [2.24, 2.45) is 0 Å². The lowest BCUT2D eigenvalue weighted by atomic mass is 10.1. The first-order valence-corrected chi connectivity index (χ1v) is 9.76. The van der Waals surface area contributed by atoms with Crippen molar-refractivity contribution in [3.63, 3.8) is 0 Å². The Kier molecular flexibility index (Phi) is 10.2. The summed E-state index contributed by atoms with van der Waals surface area (Å²) in [7, 11) is -4.44. The molecule has 1 saturated heterocycles. The minimum atomic E-state index is -4.44. The normalized spacial score (nSPS) is 22.8. The van der Waals surface area contributed by atoms with E-state index >= 15 is 0 Å². The number of rotatable bonds is 12. The lowest BCUT2D eigenvalue weighted by Crippen LogP contribution is -2.38. The molecule has 22 heavy (non-hydrogen) atoms. The summed E-state index contributed by atoms with van der Waals surface area (Å²) in [5, 5.41) is 0. The molecule has 0 amide bonds. The molecule has 1 fully saturated rings. The quantitative estimate of drug-likeness (QED) is 0.433. The molecule has 0 aromatic carbocycles. The molecule has 0 spiro atoms. The lowest BCUT2D eigenvalue weighted by molar-refractivity contribution is -0.213. The van der Waals surface area contributed by atoms with Crippen molar-refractivity contribution in [3.05, 3.63) is 0 Å². The van der Waals surface area contributed by atoms with Crippen LogP contribution in [0.1, 0.15) is 71.1 Å². The maximum absolute atomic E-state index is 10.6. The molecule has 0 saturated carbocycles. The Labute approximate surface area is 134 Å². The third-order valence-corrected chi connectivity index (χ3v) is 4.25. The third-order valence-electron chi connectivity index (χ3n) is 3.74. The van der Waals surface area contributed by atoms with Crippen LogP contribution in [-0.4, -0.2) is 38.6 Å². The van der Waals surface area contributed by atoms with Crippen LogP contribution in [0.5, 0.6) is 0 Å². The number of hydrogen-bond acceptors (Lipinski definition) is 5. The molecule has 1 heterocycles. The van der Waals surface area contributed by atoms with Gasteiger partial charge in [0, 0.05) is 0 Å². The van der Waals surface area contributed by atoms with E-state index in [2.05, 4.69) is 11.1 Å². The fourth-order valence-electron chi connectivity index (χ4n) is 2.54. The van der Waals surface area contributed by atoms with Crippen molar-refractivity contribution in [1.29, 1.82) is 0 Å². The molecule has 1 aliphatic heterocycles. The Morgan fingerprint density at radius 1 is 0.955 bits per heavy atom. The van der Waals surface area contributed by atoms with Crippen molar-refractivity contribution in [1.82, 2.24) is 0 Å². The zero-order valence-corrected chi connectivity index (χ0v) is 14.4. The molecule has 0 aromatic rings. The standard InChI is InChI=1S/C15H30O6S/c1-2-3-4-5-6-7-8-9-10-11-15-19-12-14(13-20-15)21-22(16,17)18/h14-15H,2-13H2,1H3,(H,16,17,18). The van der Waals surface area contributed by atoms with E-state index in [1.165, 1.54) is 51.4 Å². The van der Waals surface area contributed by atoms with E-state index in [4.69, 9.17) is 14.0 Å². The average molecular weight is 338 g/mol. The third kappa shape index (κ3) is 10.5. The zero-order chi connectivity index (χ0) is 16.3. The molecule has 1 N–H and O–H groups in total. The molecule has 1 rings (SSSR count). The van der Waals surface area contributed by atoms with Gasteiger partial charge in [-0.3, -0.25) is 4.55 Å². The van der Waals surface area contributed by atoms with E-state index in [0.29, 0.717) is 0 Å². The van der Waals surface area contributed by atoms with Crippen LogP contribution in [0.15, 0.2) is 0 Å². The lowest BCUT2D eigenvalue weighted by Gasteiger charge is -2.28. The van der Waals surface area contributed by atoms with Crippen molar-refractivity contribution in [2.75, 3.05) is 13.2 Å². The fourth-order valence-corrected chi connectivity index (χ4v) is 3.00.